The van der Waals surface area contributed by atoms with E-state index < -0.39 is 0 Å². The minimum absolute atomic E-state index is 0.0367. The van der Waals surface area contributed by atoms with Crippen molar-refractivity contribution in [3.8, 4) is 0 Å². The van der Waals surface area contributed by atoms with Crippen LogP contribution >= 0.6 is 0 Å². The molecule has 1 aromatic heterocycles. The molecule has 0 N–H and O–H groups in total. The molecule has 2 aliphatic rings. The van der Waals surface area contributed by atoms with Crippen LogP contribution in [0.4, 0.5) is 0 Å². The largest absolute Gasteiger partial charge is 0.383 e. The molecule has 122 valence electrons. The minimum Gasteiger partial charge on any atom is -0.383 e. The summed E-state index contributed by atoms with van der Waals surface area (Å²) >= 11 is 0. The molecule has 22 heavy (non-hydrogen) atoms. The van der Waals surface area contributed by atoms with Crippen LogP contribution in [-0.4, -0.2) is 79.5 Å². The van der Waals surface area contributed by atoms with E-state index in [1.807, 2.05) is 4.90 Å². The second kappa shape index (κ2) is 6.76. The number of hydrogen-bond donors (Lipinski definition) is 0. The third-order valence-corrected chi connectivity index (χ3v) is 4.74. The molecule has 3 heterocycles. The molecule has 0 unspecified atom stereocenters. The highest BCUT2D eigenvalue weighted by Crippen LogP contribution is 2.32. The maximum atomic E-state index is 12.3. The number of nitrogens with zero attached hydrogens (tertiary/aromatic N) is 3. The minimum atomic E-state index is -0.0764. The first-order chi connectivity index (χ1) is 10.7. The van der Waals surface area contributed by atoms with Crippen molar-refractivity contribution in [3.05, 3.63) is 18.0 Å². The highest BCUT2D eigenvalue weighted by molar-refractivity contribution is 5.91. The predicted molar refractivity (Wildman–Crippen MR) is 78.6 cm³/mol. The van der Waals surface area contributed by atoms with Crippen LogP contribution < -0.4 is 0 Å². The normalized spacial score (nSPS) is 22.1. The van der Waals surface area contributed by atoms with Crippen LogP contribution in [0.2, 0.25) is 0 Å². The molecule has 7 heteroatoms. The summed E-state index contributed by atoms with van der Waals surface area (Å²) in [5, 5.41) is 3.60. The average molecular weight is 309 g/mol. The standard InChI is InChI=1S/C15H23N3O4/c1-20-10-8-18-9-11-21-12-15(18)3-6-17(7-4-15)14(19)13-2-5-16-22-13/h2,5H,3-4,6-12H2,1H3. The van der Waals surface area contributed by atoms with Gasteiger partial charge in [-0.25, -0.2) is 0 Å². The molecule has 2 fully saturated rings. The molecular weight excluding hydrogens is 286 g/mol. The number of hydrogen-bond acceptors (Lipinski definition) is 6. The molecule has 7 nitrogen and oxygen atoms in total. The van der Waals surface area contributed by atoms with Gasteiger partial charge in [0.1, 0.15) is 0 Å². The first-order valence-electron chi connectivity index (χ1n) is 7.77. The second-order valence-corrected chi connectivity index (χ2v) is 5.93. The van der Waals surface area contributed by atoms with Crippen LogP contribution in [-0.2, 0) is 9.47 Å². The van der Waals surface area contributed by atoms with Crippen LogP contribution in [0.25, 0.3) is 0 Å². The van der Waals surface area contributed by atoms with E-state index in [2.05, 4.69) is 10.1 Å². The van der Waals surface area contributed by atoms with Gasteiger partial charge in [-0.3, -0.25) is 9.69 Å². The van der Waals surface area contributed by atoms with Crippen LogP contribution in [0.5, 0.6) is 0 Å². The Labute approximate surface area is 130 Å². The highest BCUT2D eigenvalue weighted by Gasteiger charge is 2.43. The molecule has 1 spiro atoms. The monoisotopic (exact) mass is 309 g/mol. The number of rotatable bonds is 4. The van der Waals surface area contributed by atoms with E-state index in [0.29, 0.717) is 18.8 Å². The van der Waals surface area contributed by atoms with Crippen LogP contribution in [0.1, 0.15) is 23.4 Å². The number of piperidine rings is 1. The number of aromatic nitrogens is 1. The molecule has 3 rings (SSSR count). The molecule has 0 radical (unpaired) electrons. The van der Waals surface area contributed by atoms with Gasteiger partial charge in [0.05, 0.1) is 26.0 Å². The van der Waals surface area contributed by atoms with Gasteiger partial charge in [-0.15, -0.1) is 0 Å². The lowest BCUT2D eigenvalue weighted by molar-refractivity contribution is -0.0970. The van der Waals surface area contributed by atoms with Gasteiger partial charge in [-0.2, -0.15) is 0 Å². The van der Waals surface area contributed by atoms with Crippen molar-refractivity contribution in [3.63, 3.8) is 0 Å². The first kappa shape index (κ1) is 15.5. The molecule has 0 aromatic carbocycles. The summed E-state index contributed by atoms with van der Waals surface area (Å²) in [5.41, 5.74) is 0.0367. The molecule has 1 amide bonds. The number of carbonyl (C=O) groups excluding carboxylic acids is 1. The average Bonchev–Trinajstić information content (AvgIpc) is 3.09. The molecule has 0 saturated carbocycles. The molecule has 0 aliphatic carbocycles. The number of likely N-dealkylation sites (tertiary alicyclic amines) is 1. The van der Waals surface area contributed by atoms with Gasteiger partial charge in [-0.05, 0) is 12.8 Å². The molecule has 0 atom stereocenters. The maximum absolute atomic E-state index is 12.3. The quantitative estimate of drug-likeness (QED) is 0.812. The summed E-state index contributed by atoms with van der Waals surface area (Å²) in [6.07, 6.45) is 3.33. The number of carbonyl (C=O) groups is 1. The molecule has 2 aliphatic heterocycles. The van der Waals surface area contributed by atoms with Crippen LogP contribution in [0.15, 0.2) is 16.8 Å². The lowest BCUT2D eigenvalue weighted by Crippen LogP contribution is -2.62. The maximum Gasteiger partial charge on any atom is 0.292 e. The van der Waals surface area contributed by atoms with Gasteiger partial charge in [0.25, 0.3) is 5.91 Å². The topological polar surface area (TPSA) is 68.0 Å². The van der Waals surface area contributed by atoms with Gasteiger partial charge in [-0.1, -0.05) is 5.16 Å². The zero-order valence-electron chi connectivity index (χ0n) is 13.0. The first-order valence-corrected chi connectivity index (χ1v) is 7.77. The summed E-state index contributed by atoms with van der Waals surface area (Å²) < 4.78 is 15.9. The number of methoxy groups -OCH3 is 1. The summed E-state index contributed by atoms with van der Waals surface area (Å²) in [4.78, 5) is 16.6. The van der Waals surface area contributed by atoms with E-state index in [4.69, 9.17) is 14.0 Å². The lowest BCUT2D eigenvalue weighted by Gasteiger charge is -2.51. The molecule has 2 saturated heterocycles. The summed E-state index contributed by atoms with van der Waals surface area (Å²) in [6.45, 7) is 5.50. The SMILES string of the molecule is COCCN1CCOCC12CCN(C(=O)c1ccno1)CC2. The van der Waals surface area contributed by atoms with Gasteiger partial charge in [0.2, 0.25) is 5.76 Å². The van der Waals surface area contributed by atoms with Crippen molar-refractivity contribution >= 4 is 5.91 Å². The Balaban J connectivity index is 1.62. The Bertz CT molecular complexity index is 483. The van der Waals surface area contributed by atoms with E-state index in [1.54, 1.807) is 13.2 Å². The van der Waals surface area contributed by atoms with E-state index in [1.165, 1.54) is 6.20 Å². The summed E-state index contributed by atoms with van der Waals surface area (Å²) in [7, 11) is 1.73. The zero-order valence-corrected chi connectivity index (χ0v) is 13.0. The van der Waals surface area contributed by atoms with E-state index >= 15 is 0 Å². The van der Waals surface area contributed by atoms with Crippen LogP contribution in [0, 0.1) is 0 Å². The Morgan fingerprint density at radius 2 is 2.23 bits per heavy atom. The van der Waals surface area contributed by atoms with Crippen LogP contribution in [0.3, 0.4) is 0 Å². The Kier molecular flexibility index (Phi) is 4.75. The fraction of sp³-hybridized carbons (Fsp3) is 0.733. The Morgan fingerprint density at radius 1 is 1.41 bits per heavy atom. The van der Waals surface area contributed by atoms with Crippen molar-refractivity contribution in [1.29, 1.82) is 0 Å². The third-order valence-electron chi connectivity index (χ3n) is 4.74. The van der Waals surface area contributed by atoms with Gasteiger partial charge in [0, 0.05) is 44.9 Å². The molecule has 1 aromatic rings. The lowest BCUT2D eigenvalue weighted by atomic mass is 9.85. The summed E-state index contributed by atoms with van der Waals surface area (Å²) in [5.74, 6) is 0.236. The van der Waals surface area contributed by atoms with Crippen molar-refractivity contribution in [1.82, 2.24) is 15.0 Å². The highest BCUT2D eigenvalue weighted by atomic mass is 16.5. The van der Waals surface area contributed by atoms with Crippen molar-refractivity contribution in [2.75, 3.05) is 53.1 Å². The van der Waals surface area contributed by atoms with E-state index in [0.717, 1.165) is 45.8 Å². The Morgan fingerprint density at radius 3 is 2.91 bits per heavy atom. The van der Waals surface area contributed by atoms with Crippen molar-refractivity contribution < 1.29 is 18.8 Å². The predicted octanol–water partition coefficient (Wildman–Crippen LogP) is 0.628. The fourth-order valence-corrected chi connectivity index (χ4v) is 3.38. The second-order valence-electron chi connectivity index (χ2n) is 5.93. The third kappa shape index (κ3) is 3.02. The van der Waals surface area contributed by atoms with Crippen molar-refractivity contribution in [2.24, 2.45) is 0 Å². The Hall–Kier alpha value is -1.44. The van der Waals surface area contributed by atoms with E-state index in [-0.39, 0.29) is 11.4 Å². The van der Waals surface area contributed by atoms with Gasteiger partial charge < -0.3 is 18.9 Å². The number of morpholine rings is 1. The van der Waals surface area contributed by atoms with Gasteiger partial charge >= 0.3 is 0 Å². The molecular formula is C15H23N3O4. The number of amides is 1. The smallest absolute Gasteiger partial charge is 0.292 e. The van der Waals surface area contributed by atoms with E-state index in [9.17, 15) is 4.79 Å². The number of ether oxygens (including phenoxy) is 2. The van der Waals surface area contributed by atoms with Crippen molar-refractivity contribution in [2.45, 2.75) is 18.4 Å². The molecule has 0 bridgehead atoms. The zero-order chi connectivity index (χ0) is 15.4. The summed E-state index contributed by atoms with van der Waals surface area (Å²) in [6, 6.07) is 1.61. The fourth-order valence-electron chi connectivity index (χ4n) is 3.38. The van der Waals surface area contributed by atoms with Gasteiger partial charge in [0.15, 0.2) is 0 Å².